The fraction of sp³-hybridized carbons (Fsp3) is 0.200. The van der Waals surface area contributed by atoms with Gasteiger partial charge >= 0.3 is 0 Å². The number of carbonyl (C=O) groups excluding carboxylic acids is 2. The van der Waals surface area contributed by atoms with E-state index in [1.54, 1.807) is 12.1 Å². The Morgan fingerprint density at radius 3 is 2.41 bits per heavy atom. The third kappa shape index (κ3) is 4.14. The van der Waals surface area contributed by atoms with Gasteiger partial charge in [0.25, 0.3) is 0 Å². The molecule has 0 radical (unpaired) electrons. The van der Waals surface area contributed by atoms with Crippen LogP contribution in [0.2, 0.25) is 10.0 Å². The number of aryl methyl sites for hydroxylation is 1. The smallest absolute Gasteiger partial charge is 0.166 e. The van der Waals surface area contributed by atoms with E-state index in [1.165, 1.54) is 0 Å². The van der Waals surface area contributed by atoms with Crippen LogP contribution >= 0.6 is 23.2 Å². The summed E-state index contributed by atoms with van der Waals surface area (Å²) in [7, 11) is 0. The van der Waals surface area contributed by atoms with Crippen LogP contribution in [0.4, 0.5) is 0 Å². The number of benzene rings is 3. The summed E-state index contributed by atoms with van der Waals surface area (Å²) in [5, 5.41) is 0.897. The molecule has 2 nitrogen and oxygen atoms in total. The summed E-state index contributed by atoms with van der Waals surface area (Å²) in [5.41, 5.74) is 3.37. The molecule has 0 heterocycles. The molecule has 4 rings (SSSR count). The van der Waals surface area contributed by atoms with Gasteiger partial charge in [-0.05, 0) is 36.1 Å². The van der Waals surface area contributed by atoms with E-state index in [1.807, 2.05) is 60.7 Å². The molecule has 1 aliphatic rings. The van der Waals surface area contributed by atoms with Gasteiger partial charge in [-0.2, -0.15) is 0 Å². The molecule has 0 fully saturated rings. The summed E-state index contributed by atoms with van der Waals surface area (Å²) in [6.45, 7) is 0. The number of hydrogen-bond donors (Lipinski definition) is 0. The Labute approximate surface area is 180 Å². The maximum atomic E-state index is 13.3. The standard InChI is InChI=1S/C25H20Cl2O2/c26-22-13-11-18(14-23(22)27)21(15-24(28)17-7-2-1-3-8-17)20-12-10-16-6-4-5-9-19(16)25(20)29/h1-9,11,13-14,20-21H,10,12,15H2/t20-,21+/m0/s1. The van der Waals surface area contributed by atoms with Crippen molar-refractivity contribution in [1.82, 2.24) is 0 Å². The fourth-order valence-electron chi connectivity index (χ4n) is 4.18. The molecule has 0 aromatic heterocycles. The van der Waals surface area contributed by atoms with Crippen molar-refractivity contribution < 1.29 is 9.59 Å². The van der Waals surface area contributed by atoms with E-state index < -0.39 is 0 Å². The molecule has 0 aliphatic heterocycles. The normalized spacial score (nSPS) is 16.9. The number of halogens is 2. The lowest BCUT2D eigenvalue weighted by Crippen LogP contribution is -2.29. The summed E-state index contributed by atoms with van der Waals surface area (Å²) in [6, 6.07) is 22.4. The zero-order valence-electron chi connectivity index (χ0n) is 15.8. The second-order valence-corrected chi connectivity index (χ2v) is 8.25. The van der Waals surface area contributed by atoms with Crippen LogP contribution in [-0.2, 0) is 6.42 Å². The van der Waals surface area contributed by atoms with E-state index >= 15 is 0 Å². The Morgan fingerprint density at radius 2 is 1.66 bits per heavy atom. The van der Waals surface area contributed by atoms with Gasteiger partial charge in [0, 0.05) is 29.4 Å². The van der Waals surface area contributed by atoms with Gasteiger partial charge in [0.2, 0.25) is 0 Å². The van der Waals surface area contributed by atoms with Crippen molar-refractivity contribution in [3.05, 3.63) is 105 Å². The molecule has 29 heavy (non-hydrogen) atoms. The summed E-state index contributed by atoms with van der Waals surface area (Å²) in [5.74, 6) is -0.398. The predicted octanol–water partition coefficient (Wildman–Crippen LogP) is 6.80. The topological polar surface area (TPSA) is 34.1 Å². The van der Waals surface area contributed by atoms with E-state index in [0.29, 0.717) is 22.0 Å². The Morgan fingerprint density at radius 1 is 0.931 bits per heavy atom. The van der Waals surface area contributed by atoms with Crippen LogP contribution in [0.15, 0.2) is 72.8 Å². The minimum atomic E-state index is -0.269. The molecule has 0 saturated heterocycles. The monoisotopic (exact) mass is 422 g/mol. The first-order valence-electron chi connectivity index (χ1n) is 9.70. The Bertz CT molecular complexity index is 1060. The summed E-state index contributed by atoms with van der Waals surface area (Å²) in [6.07, 6.45) is 1.79. The number of hydrogen-bond acceptors (Lipinski definition) is 2. The lowest BCUT2D eigenvalue weighted by Gasteiger charge is -2.30. The number of Topliss-reactive ketones (excluding diaryl/α,β-unsaturated/α-hetero) is 2. The second-order valence-electron chi connectivity index (χ2n) is 7.44. The molecule has 0 bridgehead atoms. The molecule has 0 spiro atoms. The minimum Gasteiger partial charge on any atom is -0.294 e. The highest BCUT2D eigenvalue weighted by Gasteiger charge is 2.35. The maximum Gasteiger partial charge on any atom is 0.166 e. The Balaban J connectivity index is 1.71. The van der Waals surface area contributed by atoms with Crippen molar-refractivity contribution in [3.63, 3.8) is 0 Å². The molecule has 0 amide bonds. The molecule has 0 unspecified atom stereocenters. The lowest BCUT2D eigenvalue weighted by atomic mass is 9.71. The first kappa shape index (κ1) is 19.9. The highest BCUT2D eigenvalue weighted by Crippen LogP contribution is 2.40. The first-order valence-corrected chi connectivity index (χ1v) is 10.5. The number of carbonyl (C=O) groups is 2. The van der Waals surface area contributed by atoms with Gasteiger partial charge < -0.3 is 0 Å². The van der Waals surface area contributed by atoms with Gasteiger partial charge in [-0.25, -0.2) is 0 Å². The molecular weight excluding hydrogens is 403 g/mol. The van der Waals surface area contributed by atoms with Crippen molar-refractivity contribution in [2.24, 2.45) is 5.92 Å². The van der Waals surface area contributed by atoms with Crippen LogP contribution in [0.3, 0.4) is 0 Å². The van der Waals surface area contributed by atoms with Crippen LogP contribution in [-0.4, -0.2) is 11.6 Å². The van der Waals surface area contributed by atoms with Gasteiger partial charge in [-0.15, -0.1) is 0 Å². The van der Waals surface area contributed by atoms with Gasteiger partial charge in [0.15, 0.2) is 11.6 Å². The van der Waals surface area contributed by atoms with Crippen molar-refractivity contribution >= 4 is 34.8 Å². The minimum absolute atomic E-state index is 0.0216. The van der Waals surface area contributed by atoms with Crippen LogP contribution in [0, 0.1) is 5.92 Å². The molecule has 1 aliphatic carbocycles. The van der Waals surface area contributed by atoms with E-state index in [0.717, 1.165) is 23.1 Å². The number of rotatable bonds is 5. The molecular formula is C25H20Cl2O2. The Hall–Kier alpha value is -2.42. The molecule has 3 aromatic rings. The van der Waals surface area contributed by atoms with Crippen molar-refractivity contribution in [3.8, 4) is 0 Å². The van der Waals surface area contributed by atoms with E-state index in [4.69, 9.17) is 23.2 Å². The van der Waals surface area contributed by atoms with Crippen LogP contribution < -0.4 is 0 Å². The van der Waals surface area contributed by atoms with Crippen LogP contribution in [0.1, 0.15) is 50.6 Å². The summed E-state index contributed by atoms with van der Waals surface area (Å²) < 4.78 is 0. The van der Waals surface area contributed by atoms with E-state index in [9.17, 15) is 9.59 Å². The SMILES string of the molecule is O=C(C[C@H](c1ccc(Cl)c(Cl)c1)[C@@H]1CCc2ccccc2C1=O)c1ccccc1. The quantitative estimate of drug-likeness (QED) is 0.423. The summed E-state index contributed by atoms with van der Waals surface area (Å²) in [4.78, 5) is 26.3. The zero-order valence-corrected chi connectivity index (χ0v) is 17.3. The van der Waals surface area contributed by atoms with Gasteiger partial charge in [-0.1, -0.05) is 83.9 Å². The van der Waals surface area contributed by atoms with Crippen molar-refractivity contribution in [2.45, 2.75) is 25.2 Å². The second kappa shape index (κ2) is 8.52. The average Bonchev–Trinajstić information content (AvgIpc) is 2.75. The summed E-state index contributed by atoms with van der Waals surface area (Å²) >= 11 is 12.4. The van der Waals surface area contributed by atoms with Gasteiger partial charge in [0.1, 0.15) is 0 Å². The van der Waals surface area contributed by atoms with Crippen LogP contribution in [0.25, 0.3) is 0 Å². The number of fused-ring (bicyclic) bond motifs is 1. The first-order chi connectivity index (χ1) is 14.0. The number of ketones is 2. The highest BCUT2D eigenvalue weighted by atomic mass is 35.5. The van der Waals surface area contributed by atoms with E-state index in [2.05, 4.69) is 0 Å². The Kier molecular flexibility index (Phi) is 5.84. The van der Waals surface area contributed by atoms with Crippen molar-refractivity contribution in [2.75, 3.05) is 0 Å². The van der Waals surface area contributed by atoms with Crippen molar-refractivity contribution in [1.29, 1.82) is 0 Å². The third-order valence-electron chi connectivity index (χ3n) is 5.70. The molecule has 3 aromatic carbocycles. The van der Waals surface area contributed by atoms with E-state index in [-0.39, 0.29) is 29.8 Å². The molecule has 2 atom stereocenters. The molecule has 146 valence electrons. The molecule has 4 heteroatoms. The molecule has 0 N–H and O–H groups in total. The zero-order chi connectivity index (χ0) is 20.4. The fourth-order valence-corrected chi connectivity index (χ4v) is 4.49. The largest absolute Gasteiger partial charge is 0.294 e. The maximum absolute atomic E-state index is 13.3. The highest BCUT2D eigenvalue weighted by molar-refractivity contribution is 6.42. The molecule has 0 saturated carbocycles. The van der Waals surface area contributed by atoms with Crippen LogP contribution in [0.5, 0.6) is 0 Å². The lowest BCUT2D eigenvalue weighted by molar-refractivity contribution is 0.0857. The average molecular weight is 423 g/mol. The van der Waals surface area contributed by atoms with Gasteiger partial charge in [-0.3, -0.25) is 9.59 Å². The predicted molar refractivity (Wildman–Crippen MR) is 117 cm³/mol. The van der Waals surface area contributed by atoms with Gasteiger partial charge in [0.05, 0.1) is 10.0 Å². The third-order valence-corrected chi connectivity index (χ3v) is 6.44.